The van der Waals surface area contributed by atoms with Crippen molar-refractivity contribution in [2.45, 2.75) is 26.4 Å². The van der Waals surface area contributed by atoms with Crippen molar-refractivity contribution in [2.75, 3.05) is 20.0 Å². The van der Waals surface area contributed by atoms with Crippen molar-refractivity contribution in [3.63, 3.8) is 0 Å². The van der Waals surface area contributed by atoms with Crippen molar-refractivity contribution in [1.82, 2.24) is 9.97 Å². The molecular formula is C11H21N2OP. The van der Waals surface area contributed by atoms with E-state index < -0.39 is 7.26 Å². The molecule has 0 aromatic carbocycles. The van der Waals surface area contributed by atoms with E-state index in [0.29, 0.717) is 5.88 Å². The summed E-state index contributed by atoms with van der Waals surface area (Å²) in [7, 11) is -1.44. The van der Waals surface area contributed by atoms with Gasteiger partial charge in [-0.3, -0.25) is 0 Å². The van der Waals surface area contributed by atoms with Crippen molar-refractivity contribution in [2.24, 2.45) is 0 Å². The topological polar surface area (TPSA) is 35.0 Å². The van der Waals surface area contributed by atoms with Crippen molar-refractivity contribution in [1.29, 1.82) is 0 Å². The van der Waals surface area contributed by atoms with Gasteiger partial charge in [-0.15, -0.1) is 0 Å². The molecule has 0 N–H and O–H groups in total. The Morgan fingerprint density at radius 3 is 2.27 bits per heavy atom. The van der Waals surface area contributed by atoms with Gasteiger partial charge >= 0.3 is 92.0 Å². The van der Waals surface area contributed by atoms with Crippen LogP contribution in [0.3, 0.4) is 0 Å². The molecule has 0 unspecified atom stereocenters. The number of nitrogens with zero attached hydrogens (tertiary/aromatic N) is 2. The maximum atomic E-state index is 5.71. The third kappa shape index (κ3) is 4.13. The van der Waals surface area contributed by atoms with Crippen LogP contribution in [0.25, 0.3) is 0 Å². The van der Waals surface area contributed by atoms with Gasteiger partial charge in [0.1, 0.15) is 0 Å². The monoisotopic (exact) mass is 228 g/mol. The molecule has 1 rings (SSSR count). The maximum absolute atomic E-state index is 5.71. The molecule has 0 aliphatic heterocycles. The SMILES string of the molecule is CC(C)(C)Oc1ccnc([PH](C)(C)C)n1. The third-order valence-electron chi connectivity index (χ3n) is 1.71. The van der Waals surface area contributed by atoms with Crippen LogP contribution in [-0.2, 0) is 0 Å². The van der Waals surface area contributed by atoms with Gasteiger partial charge in [-0.05, 0) is 0 Å². The first-order chi connectivity index (χ1) is 6.68. The van der Waals surface area contributed by atoms with Crippen molar-refractivity contribution in [3.8, 4) is 5.88 Å². The summed E-state index contributed by atoms with van der Waals surface area (Å²) in [5.41, 5.74) is 0.745. The molecule has 0 saturated carbocycles. The Kier molecular flexibility index (Phi) is 3.34. The van der Waals surface area contributed by atoms with Crippen LogP contribution in [-0.4, -0.2) is 35.6 Å². The summed E-state index contributed by atoms with van der Waals surface area (Å²) in [5, 5.41) is 0. The fourth-order valence-corrected chi connectivity index (χ4v) is 1.98. The van der Waals surface area contributed by atoms with E-state index in [4.69, 9.17) is 4.74 Å². The van der Waals surface area contributed by atoms with E-state index in [1.54, 1.807) is 6.20 Å². The molecular weight excluding hydrogens is 207 g/mol. The Balaban J connectivity index is 2.94. The van der Waals surface area contributed by atoms with Gasteiger partial charge in [-0.25, -0.2) is 0 Å². The molecule has 1 aromatic heterocycles. The second-order valence-electron chi connectivity index (χ2n) is 5.68. The minimum atomic E-state index is -1.44. The third-order valence-corrected chi connectivity index (χ3v) is 3.29. The fraction of sp³-hybridized carbons (Fsp3) is 0.636. The van der Waals surface area contributed by atoms with Crippen LogP contribution in [0.15, 0.2) is 12.3 Å². The Hall–Kier alpha value is -0.690. The van der Waals surface area contributed by atoms with E-state index in [9.17, 15) is 0 Å². The average Bonchev–Trinajstić information content (AvgIpc) is 1.99. The molecule has 0 bridgehead atoms. The molecule has 3 nitrogen and oxygen atoms in total. The van der Waals surface area contributed by atoms with E-state index in [-0.39, 0.29) is 5.60 Å². The van der Waals surface area contributed by atoms with Crippen LogP contribution in [0.5, 0.6) is 5.88 Å². The summed E-state index contributed by atoms with van der Waals surface area (Å²) in [5.74, 6) is 0.676. The van der Waals surface area contributed by atoms with Crippen LogP contribution >= 0.6 is 7.26 Å². The summed E-state index contributed by atoms with van der Waals surface area (Å²) >= 11 is 0. The first-order valence-electron chi connectivity index (χ1n) is 5.21. The van der Waals surface area contributed by atoms with Gasteiger partial charge in [-0.2, -0.15) is 0 Å². The van der Waals surface area contributed by atoms with E-state index in [2.05, 4.69) is 30.0 Å². The molecule has 4 heteroatoms. The Morgan fingerprint density at radius 2 is 1.80 bits per heavy atom. The van der Waals surface area contributed by atoms with Gasteiger partial charge in [0.2, 0.25) is 0 Å². The molecule has 0 saturated heterocycles. The Labute approximate surface area is 92.6 Å². The second kappa shape index (κ2) is 4.05. The fourth-order valence-electron chi connectivity index (χ4n) is 1.07. The summed E-state index contributed by atoms with van der Waals surface area (Å²) in [6.45, 7) is 12.7. The minimum absolute atomic E-state index is 0.203. The van der Waals surface area contributed by atoms with Gasteiger partial charge in [0.15, 0.2) is 0 Å². The molecule has 0 spiro atoms. The van der Waals surface area contributed by atoms with E-state index in [1.807, 2.05) is 26.8 Å². The van der Waals surface area contributed by atoms with E-state index in [0.717, 1.165) is 5.57 Å². The summed E-state index contributed by atoms with van der Waals surface area (Å²) in [6.07, 6.45) is 1.78. The van der Waals surface area contributed by atoms with Crippen molar-refractivity contribution < 1.29 is 4.74 Å². The average molecular weight is 228 g/mol. The number of hydrogen-bond donors (Lipinski definition) is 0. The molecule has 0 aliphatic carbocycles. The molecule has 0 amide bonds. The molecule has 0 atom stereocenters. The van der Waals surface area contributed by atoms with Crippen LogP contribution in [0.2, 0.25) is 0 Å². The van der Waals surface area contributed by atoms with E-state index in [1.165, 1.54) is 0 Å². The van der Waals surface area contributed by atoms with Crippen molar-refractivity contribution in [3.05, 3.63) is 12.3 Å². The summed E-state index contributed by atoms with van der Waals surface area (Å²) in [4.78, 5) is 8.77. The zero-order valence-corrected chi connectivity index (χ0v) is 11.5. The van der Waals surface area contributed by atoms with Crippen molar-refractivity contribution >= 4 is 12.8 Å². The number of rotatable bonds is 2. The number of ether oxygens (including phenoxy) is 1. The molecule has 15 heavy (non-hydrogen) atoms. The molecule has 1 aromatic rings. The van der Waals surface area contributed by atoms with Crippen LogP contribution < -0.4 is 10.3 Å². The second-order valence-corrected chi connectivity index (χ2v) is 10.6. The van der Waals surface area contributed by atoms with Gasteiger partial charge in [0, 0.05) is 0 Å². The first-order valence-corrected chi connectivity index (χ1v) is 8.71. The van der Waals surface area contributed by atoms with Crippen LogP contribution in [0.4, 0.5) is 0 Å². The molecule has 1 heterocycles. The number of aromatic nitrogens is 2. The summed E-state index contributed by atoms with van der Waals surface area (Å²) < 4.78 is 5.71. The quantitative estimate of drug-likeness (QED) is 0.725. The first kappa shape index (κ1) is 12.4. The van der Waals surface area contributed by atoms with Crippen LogP contribution in [0, 0.1) is 0 Å². The Morgan fingerprint density at radius 1 is 1.20 bits per heavy atom. The van der Waals surface area contributed by atoms with Crippen LogP contribution in [0.1, 0.15) is 20.8 Å². The van der Waals surface area contributed by atoms with E-state index >= 15 is 0 Å². The molecule has 86 valence electrons. The number of hydrogen-bond acceptors (Lipinski definition) is 3. The standard InChI is InChI=1S/C11H21N2OP/c1-11(2,3)14-9-7-8-12-10(13-9)15(4,5)6/h7-8,15H,1-6H3. The zero-order chi connectivity index (χ0) is 11.7. The van der Waals surface area contributed by atoms with Gasteiger partial charge < -0.3 is 0 Å². The molecule has 0 radical (unpaired) electrons. The summed E-state index contributed by atoms with van der Waals surface area (Å²) in [6, 6.07) is 1.81. The molecule has 0 fully saturated rings. The van der Waals surface area contributed by atoms with Gasteiger partial charge in [0.05, 0.1) is 0 Å². The normalized spacial score (nSPS) is 13.7. The predicted octanol–water partition coefficient (Wildman–Crippen LogP) is 1.92. The molecule has 0 aliphatic rings. The van der Waals surface area contributed by atoms with Gasteiger partial charge in [-0.1, -0.05) is 0 Å². The van der Waals surface area contributed by atoms with Gasteiger partial charge in [0.25, 0.3) is 0 Å². The predicted molar refractivity (Wildman–Crippen MR) is 68.1 cm³/mol. The zero-order valence-electron chi connectivity index (χ0n) is 10.5. The Bertz CT molecular complexity index is 339.